The number of aromatic nitrogens is 2. The molecule has 15 heteroatoms. The number of amides is 3. The number of halogens is 5. The van der Waals surface area contributed by atoms with E-state index in [1.54, 1.807) is 24.3 Å². The maximum atomic E-state index is 14.5. The topological polar surface area (TPSA) is 149 Å². The van der Waals surface area contributed by atoms with E-state index in [9.17, 15) is 31.9 Å². The molecule has 1 saturated heterocycles. The van der Waals surface area contributed by atoms with E-state index in [-0.39, 0.29) is 5.69 Å². The first-order chi connectivity index (χ1) is 19.8. The zero-order chi connectivity index (χ0) is 30.8. The van der Waals surface area contributed by atoms with Crippen molar-refractivity contribution in [3.05, 3.63) is 76.7 Å². The number of primary amides is 1. The van der Waals surface area contributed by atoms with Crippen LogP contribution >= 0.6 is 11.6 Å². The van der Waals surface area contributed by atoms with Crippen LogP contribution < -0.4 is 16.8 Å². The lowest BCUT2D eigenvalue weighted by molar-refractivity contribution is -0.138. The van der Waals surface area contributed by atoms with Crippen molar-refractivity contribution in [2.24, 2.45) is 16.5 Å². The van der Waals surface area contributed by atoms with Crippen LogP contribution in [0.3, 0.4) is 0 Å². The maximum Gasteiger partial charge on any atom is 0.419 e. The Kier molecular flexibility index (Phi) is 8.66. The molecule has 3 amide bonds. The molecule has 0 aliphatic carbocycles. The number of aliphatic imine (C=N–C) groups is 1. The summed E-state index contributed by atoms with van der Waals surface area (Å²) in [6, 6.07) is 6.63. The van der Waals surface area contributed by atoms with E-state index in [4.69, 9.17) is 23.1 Å². The summed E-state index contributed by atoms with van der Waals surface area (Å²) in [6.07, 6.45) is -2.64. The average Bonchev–Trinajstić information content (AvgIpc) is 3.48. The summed E-state index contributed by atoms with van der Waals surface area (Å²) in [5.41, 5.74) is 10.4. The highest BCUT2D eigenvalue weighted by Crippen LogP contribution is 2.40. The predicted molar refractivity (Wildman–Crippen MR) is 149 cm³/mol. The molecule has 2 heterocycles. The van der Waals surface area contributed by atoms with Gasteiger partial charge >= 0.3 is 6.18 Å². The van der Waals surface area contributed by atoms with Crippen molar-refractivity contribution >= 4 is 58.2 Å². The molecule has 10 nitrogen and oxygen atoms in total. The minimum atomic E-state index is -4.88. The third-order valence-electron chi connectivity index (χ3n) is 6.54. The molecule has 5 N–H and O–H groups in total. The fourth-order valence-electron chi connectivity index (χ4n) is 4.74. The molecular weight excluding hydrogens is 582 g/mol. The van der Waals surface area contributed by atoms with E-state index < -0.39 is 71.9 Å². The van der Waals surface area contributed by atoms with Crippen molar-refractivity contribution in [1.82, 2.24) is 14.7 Å². The SMILES string of the molecule is C=N/C=C(\C=C/N)c1ccc2c(c1)c(C(N)=O)nn2CC(=O)N1C[C@H](F)C[C@H]1C(=O)Nc1cccc(Cl)c1C(F)(F)F. The van der Waals surface area contributed by atoms with Crippen molar-refractivity contribution in [3.8, 4) is 0 Å². The molecule has 1 aliphatic heterocycles. The number of nitrogens with zero attached hydrogens (tertiary/aromatic N) is 4. The molecule has 1 fully saturated rings. The molecule has 3 aromatic rings. The van der Waals surface area contributed by atoms with Crippen LogP contribution in [0.1, 0.15) is 28.0 Å². The normalized spacial score (nSPS) is 17.6. The zero-order valence-corrected chi connectivity index (χ0v) is 22.5. The number of benzene rings is 2. The van der Waals surface area contributed by atoms with Crippen molar-refractivity contribution in [1.29, 1.82) is 0 Å². The van der Waals surface area contributed by atoms with E-state index in [1.807, 2.05) is 0 Å². The zero-order valence-electron chi connectivity index (χ0n) is 21.7. The van der Waals surface area contributed by atoms with Crippen molar-refractivity contribution in [2.75, 3.05) is 11.9 Å². The van der Waals surface area contributed by atoms with E-state index in [2.05, 4.69) is 22.1 Å². The molecule has 0 radical (unpaired) electrons. The number of nitrogens with two attached hydrogens (primary N) is 2. The van der Waals surface area contributed by atoms with Crippen LogP contribution in [0.25, 0.3) is 16.5 Å². The largest absolute Gasteiger partial charge is 0.419 e. The van der Waals surface area contributed by atoms with Gasteiger partial charge in [-0.2, -0.15) is 18.3 Å². The summed E-state index contributed by atoms with van der Waals surface area (Å²) in [7, 11) is 0. The van der Waals surface area contributed by atoms with Crippen molar-refractivity contribution in [3.63, 3.8) is 0 Å². The van der Waals surface area contributed by atoms with Gasteiger partial charge in [0.15, 0.2) is 5.69 Å². The molecule has 220 valence electrons. The van der Waals surface area contributed by atoms with Crippen LogP contribution in [-0.2, 0) is 22.3 Å². The molecule has 42 heavy (non-hydrogen) atoms. The first kappa shape index (κ1) is 30.2. The number of allylic oxidation sites excluding steroid dienone is 2. The second kappa shape index (κ2) is 12.0. The van der Waals surface area contributed by atoms with Gasteiger partial charge in [-0.3, -0.25) is 24.1 Å². The van der Waals surface area contributed by atoms with Crippen LogP contribution in [0, 0.1) is 0 Å². The number of fused-ring (bicyclic) bond motifs is 1. The van der Waals surface area contributed by atoms with Gasteiger partial charge in [-0.1, -0.05) is 23.7 Å². The van der Waals surface area contributed by atoms with Gasteiger partial charge < -0.3 is 21.7 Å². The smallest absolute Gasteiger partial charge is 0.405 e. The highest BCUT2D eigenvalue weighted by atomic mass is 35.5. The van der Waals surface area contributed by atoms with Crippen LogP contribution in [0.4, 0.5) is 23.2 Å². The van der Waals surface area contributed by atoms with Gasteiger partial charge in [-0.15, -0.1) is 0 Å². The Morgan fingerprint density at radius 1 is 1.24 bits per heavy atom. The van der Waals surface area contributed by atoms with Gasteiger partial charge in [-0.05, 0) is 48.8 Å². The van der Waals surface area contributed by atoms with Crippen LogP contribution in [0.15, 0.2) is 59.9 Å². The second-order valence-corrected chi connectivity index (χ2v) is 9.68. The minimum absolute atomic E-state index is 0.151. The minimum Gasteiger partial charge on any atom is -0.405 e. The van der Waals surface area contributed by atoms with E-state index in [0.29, 0.717) is 22.0 Å². The quantitative estimate of drug-likeness (QED) is 0.202. The van der Waals surface area contributed by atoms with Crippen LogP contribution in [0.5, 0.6) is 0 Å². The lowest BCUT2D eigenvalue weighted by Crippen LogP contribution is -2.44. The number of likely N-dealkylation sites (tertiary alicyclic amines) is 1. The highest BCUT2D eigenvalue weighted by Gasteiger charge is 2.42. The van der Waals surface area contributed by atoms with E-state index in [0.717, 1.165) is 17.0 Å². The van der Waals surface area contributed by atoms with Gasteiger partial charge in [0.1, 0.15) is 18.8 Å². The fourth-order valence-corrected chi connectivity index (χ4v) is 5.02. The molecule has 0 spiro atoms. The predicted octanol–water partition coefficient (Wildman–Crippen LogP) is 3.90. The number of alkyl halides is 4. The molecular formula is C27H24ClF4N7O3. The van der Waals surface area contributed by atoms with Gasteiger partial charge in [0.25, 0.3) is 5.91 Å². The lowest BCUT2D eigenvalue weighted by Gasteiger charge is -2.24. The summed E-state index contributed by atoms with van der Waals surface area (Å²) < 4.78 is 56.3. The van der Waals surface area contributed by atoms with Gasteiger partial charge in [0.05, 0.1) is 28.3 Å². The Hall–Kier alpha value is -4.72. The first-order valence-electron chi connectivity index (χ1n) is 12.3. The van der Waals surface area contributed by atoms with Crippen LogP contribution in [0.2, 0.25) is 5.02 Å². The monoisotopic (exact) mass is 605 g/mol. The number of nitrogens with one attached hydrogen (secondary N) is 1. The molecule has 0 bridgehead atoms. The van der Waals surface area contributed by atoms with Crippen molar-refractivity contribution < 1.29 is 31.9 Å². The second-order valence-electron chi connectivity index (χ2n) is 9.27. The van der Waals surface area contributed by atoms with E-state index in [1.165, 1.54) is 23.1 Å². The number of anilines is 1. The number of hydrogen-bond acceptors (Lipinski definition) is 6. The average molecular weight is 606 g/mol. The third kappa shape index (κ3) is 6.12. The Labute approximate surface area is 241 Å². The Balaban J connectivity index is 1.63. The molecule has 2 aromatic carbocycles. The van der Waals surface area contributed by atoms with Crippen molar-refractivity contribution in [2.45, 2.75) is 31.4 Å². The number of carbonyl (C=O) groups excluding carboxylic acids is 3. The van der Waals surface area contributed by atoms with Crippen LogP contribution in [-0.4, -0.2) is 57.9 Å². The first-order valence-corrected chi connectivity index (χ1v) is 12.7. The molecule has 4 rings (SSSR count). The molecule has 0 unspecified atom stereocenters. The highest BCUT2D eigenvalue weighted by molar-refractivity contribution is 6.32. The maximum absolute atomic E-state index is 14.5. The number of rotatable bonds is 8. The summed E-state index contributed by atoms with van der Waals surface area (Å²) in [4.78, 5) is 43.2. The van der Waals surface area contributed by atoms with E-state index >= 15 is 0 Å². The summed E-state index contributed by atoms with van der Waals surface area (Å²) >= 11 is 5.72. The lowest BCUT2D eigenvalue weighted by atomic mass is 10.0. The van der Waals surface area contributed by atoms with Gasteiger partial charge in [-0.25, -0.2) is 4.39 Å². The van der Waals surface area contributed by atoms with Gasteiger partial charge in [0.2, 0.25) is 11.8 Å². The Bertz CT molecular complexity index is 1630. The number of hydrogen-bond donors (Lipinski definition) is 3. The fraction of sp³-hybridized carbons (Fsp3) is 0.222. The summed E-state index contributed by atoms with van der Waals surface area (Å²) in [5, 5.41) is 5.96. The Morgan fingerprint density at radius 2 is 1.98 bits per heavy atom. The summed E-state index contributed by atoms with van der Waals surface area (Å²) in [5.74, 6) is -2.66. The summed E-state index contributed by atoms with van der Waals surface area (Å²) in [6.45, 7) is 2.41. The molecule has 1 aliphatic rings. The molecule has 2 atom stereocenters. The standard InChI is InChI=1S/C27H24ClF4N7O3/c1-35-11-15(7-8-33)14-5-6-20-17(9-14)24(25(34)41)37-39(20)13-22(40)38-12-16(29)10-21(38)26(42)36-19-4-2-3-18(28)23(19)27(30,31)32/h2-9,11,16,21H,1,10,12-13,33H2,(H2,34,41)(H,36,42)/b8-7-,15-11+/t16-,21+/m1/s1. The molecule has 0 saturated carbocycles. The van der Waals surface area contributed by atoms with Gasteiger partial charge in [0, 0.05) is 23.6 Å². The third-order valence-corrected chi connectivity index (χ3v) is 6.85. The Morgan fingerprint density at radius 3 is 2.62 bits per heavy atom. The molecule has 1 aromatic heterocycles. The number of carbonyl (C=O) groups is 3.